The molecule has 0 saturated heterocycles. The first-order chi connectivity index (χ1) is 9.58. The van der Waals surface area contributed by atoms with Crippen LogP contribution in [0.2, 0.25) is 0 Å². The van der Waals surface area contributed by atoms with Gasteiger partial charge in [0.2, 0.25) is 11.0 Å². The molecule has 20 heavy (non-hydrogen) atoms. The number of nitrogen functional groups attached to an aromatic ring is 1. The smallest absolute Gasteiger partial charge is 0.237 e. The van der Waals surface area contributed by atoms with Crippen molar-refractivity contribution >= 4 is 39.8 Å². The van der Waals surface area contributed by atoms with Crippen molar-refractivity contribution in [3.63, 3.8) is 0 Å². The summed E-state index contributed by atoms with van der Waals surface area (Å²) in [4.78, 5) is 12.0. The van der Waals surface area contributed by atoms with Crippen molar-refractivity contribution < 1.29 is 4.79 Å². The molecule has 0 radical (unpaired) electrons. The van der Waals surface area contributed by atoms with E-state index < -0.39 is 0 Å². The van der Waals surface area contributed by atoms with Gasteiger partial charge in [0.25, 0.3) is 0 Å². The van der Waals surface area contributed by atoms with Crippen LogP contribution >= 0.6 is 23.1 Å². The third-order valence-corrected chi connectivity index (χ3v) is 4.29. The van der Waals surface area contributed by atoms with Crippen molar-refractivity contribution in [1.82, 2.24) is 10.2 Å². The largest absolute Gasteiger partial charge is 0.374 e. The predicted molar refractivity (Wildman–Crippen MR) is 79.4 cm³/mol. The lowest BCUT2D eigenvalue weighted by molar-refractivity contribution is -0.115. The summed E-state index contributed by atoms with van der Waals surface area (Å²) in [5.74, 6) is -0.145. The van der Waals surface area contributed by atoms with Crippen LogP contribution in [0.3, 0.4) is 0 Å². The number of anilines is 2. The minimum absolute atomic E-state index is 0.145. The van der Waals surface area contributed by atoms with E-state index >= 15 is 0 Å². The van der Waals surface area contributed by atoms with Crippen LogP contribution in [0.15, 0.2) is 28.6 Å². The Kier molecular flexibility index (Phi) is 4.55. The number of thioether (sulfide) groups is 1. The Bertz CT molecular complexity index is 647. The Hall–Kier alpha value is -2.11. The zero-order chi connectivity index (χ0) is 14.5. The fourth-order valence-electron chi connectivity index (χ4n) is 1.34. The fraction of sp³-hybridized carbons (Fsp3) is 0.167. The molecule has 0 saturated carbocycles. The summed E-state index contributed by atoms with van der Waals surface area (Å²) in [7, 11) is 0. The van der Waals surface area contributed by atoms with Crippen LogP contribution in [0, 0.1) is 11.3 Å². The van der Waals surface area contributed by atoms with Crippen molar-refractivity contribution in [2.75, 3.05) is 11.1 Å². The van der Waals surface area contributed by atoms with Gasteiger partial charge in [-0.05, 0) is 31.2 Å². The zero-order valence-electron chi connectivity index (χ0n) is 10.5. The topological polar surface area (TPSA) is 105 Å². The van der Waals surface area contributed by atoms with Gasteiger partial charge >= 0.3 is 0 Å². The number of hydrogen-bond donors (Lipinski definition) is 2. The molecule has 1 atom stereocenters. The summed E-state index contributed by atoms with van der Waals surface area (Å²) in [6.45, 7) is 1.78. The zero-order valence-corrected chi connectivity index (χ0v) is 12.2. The molecule has 2 aromatic rings. The summed E-state index contributed by atoms with van der Waals surface area (Å²) in [5, 5.41) is 19.1. The van der Waals surface area contributed by atoms with Gasteiger partial charge in [-0.15, -0.1) is 10.2 Å². The average Bonchev–Trinajstić information content (AvgIpc) is 2.85. The number of carbonyl (C=O) groups is 1. The molecule has 102 valence electrons. The Balaban J connectivity index is 1.95. The van der Waals surface area contributed by atoms with Crippen LogP contribution in [0.5, 0.6) is 0 Å². The minimum Gasteiger partial charge on any atom is -0.374 e. The minimum atomic E-state index is -0.321. The Morgan fingerprint density at radius 3 is 2.70 bits per heavy atom. The molecule has 1 aromatic heterocycles. The van der Waals surface area contributed by atoms with Crippen molar-refractivity contribution in [1.29, 1.82) is 5.26 Å². The number of amides is 1. The van der Waals surface area contributed by atoms with E-state index in [0.717, 1.165) is 0 Å². The summed E-state index contributed by atoms with van der Waals surface area (Å²) in [6.07, 6.45) is 0. The quantitative estimate of drug-likeness (QED) is 0.838. The van der Waals surface area contributed by atoms with Gasteiger partial charge in [-0.25, -0.2) is 0 Å². The second kappa shape index (κ2) is 6.36. The lowest BCUT2D eigenvalue weighted by Gasteiger charge is -2.10. The van der Waals surface area contributed by atoms with Gasteiger partial charge in [-0.2, -0.15) is 5.26 Å². The van der Waals surface area contributed by atoms with Crippen LogP contribution in [0.25, 0.3) is 0 Å². The summed E-state index contributed by atoms with van der Waals surface area (Å²) >= 11 is 2.55. The molecule has 0 aliphatic carbocycles. The van der Waals surface area contributed by atoms with E-state index in [-0.39, 0.29) is 11.2 Å². The molecule has 1 heterocycles. The van der Waals surface area contributed by atoms with Gasteiger partial charge in [-0.3, -0.25) is 4.79 Å². The van der Waals surface area contributed by atoms with Crippen LogP contribution in [0.1, 0.15) is 12.5 Å². The highest BCUT2D eigenvalue weighted by Crippen LogP contribution is 2.28. The highest BCUT2D eigenvalue weighted by Gasteiger charge is 2.16. The second-order valence-corrected chi connectivity index (χ2v) is 6.44. The van der Waals surface area contributed by atoms with E-state index in [1.807, 2.05) is 6.07 Å². The van der Waals surface area contributed by atoms with Gasteiger partial charge in [0.15, 0.2) is 4.34 Å². The van der Waals surface area contributed by atoms with Crippen LogP contribution in [0.4, 0.5) is 10.8 Å². The number of nitrogens with one attached hydrogen (secondary N) is 1. The fourth-order valence-corrected chi connectivity index (χ4v) is 3.12. The van der Waals surface area contributed by atoms with Gasteiger partial charge in [0.1, 0.15) is 0 Å². The second-order valence-electron chi connectivity index (χ2n) is 3.84. The molecule has 0 aliphatic rings. The van der Waals surface area contributed by atoms with E-state index in [4.69, 9.17) is 11.0 Å². The monoisotopic (exact) mass is 305 g/mol. The maximum absolute atomic E-state index is 12.0. The number of carbonyl (C=O) groups excluding carboxylic acids is 1. The molecule has 6 nitrogen and oxygen atoms in total. The average molecular weight is 305 g/mol. The van der Waals surface area contributed by atoms with Gasteiger partial charge in [0.05, 0.1) is 16.9 Å². The van der Waals surface area contributed by atoms with Crippen molar-refractivity contribution in [2.24, 2.45) is 0 Å². The maximum atomic E-state index is 12.0. The van der Waals surface area contributed by atoms with E-state index in [0.29, 0.717) is 20.7 Å². The third-order valence-electron chi connectivity index (χ3n) is 2.35. The number of aromatic nitrogens is 2. The number of nitriles is 1. The van der Waals surface area contributed by atoms with Crippen molar-refractivity contribution in [3.05, 3.63) is 29.8 Å². The summed E-state index contributed by atoms with van der Waals surface area (Å²) < 4.78 is 0.657. The molecule has 1 amide bonds. The van der Waals surface area contributed by atoms with Crippen molar-refractivity contribution in [2.45, 2.75) is 16.5 Å². The predicted octanol–water partition coefficient (Wildman–Crippen LogP) is 2.11. The number of rotatable bonds is 4. The third kappa shape index (κ3) is 3.69. The van der Waals surface area contributed by atoms with Gasteiger partial charge in [-0.1, -0.05) is 23.1 Å². The first-order valence-corrected chi connectivity index (χ1v) is 7.35. The maximum Gasteiger partial charge on any atom is 0.237 e. The van der Waals surface area contributed by atoms with Crippen LogP contribution < -0.4 is 11.1 Å². The van der Waals surface area contributed by atoms with E-state index in [2.05, 4.69) is 15.5 Å². The Morgan fingerprint density at radius 2 is 2.15 bits per heavy atom. The molecule has 0 fully saturated rings. The van der Waals surface area contributed by atoms with E-state index in [1.54, 1.807) is 31.2 Å². The highest BCUT2D eigenvalue weighted by molar-refractivity contribution is 8.02. The van der Waals surface area contributed by atoms with E-state index in [1.165, 1.54) is 23.1 Å². The van der Waals surface area contributed by atoms with Gasteiger partial charge in [0, 0.05) is 5.69 Å². The SMILES string of the molecule is C[C@@H](Sc1nnc(N)s1)C(=O)Nc1ccc(C#N)cc1. The lowest BCUT2D eigenvalue weighted by atomic mass is 10.2. The van der Waals surface area contributed by atoms with Gasteiger partial charge < -0.3 is 11.1 Å². The summed E-state index contributed by atoms with van der Waals surface area (Å²) in [6, 6.07) is 8.71. The molecule has 3 N–H and O–H groups in total. The Morgan fingerprint density at radius 1 is 1.45 bits per heavy atom. The van der Waals surface area contributed by atoms with E-state index in [9.17, 15) is 4.79 Å². The molecule has 0 unspecified atom stereocenters. The molecule has 0 spiro atoms. The van der Waals surface area contributed by atoms with Crippen LogP contribution in [-0.2, 0) is 4.79 Å². The first kappa shape index (κ1) is 14.3. The standard InChI is InChI=1S/C12H11N5OS2/c1-7(19-12-17-16-11(14)20-12)10(18)15-9-4-2-8(6-13)3-5-9/h2-5,7H,1H3,(H2,14,16)(H,15,18)/t7-/m1/s1. The van der Waals surface area contributed by atoms with Crippen molar-refractivity contribution in [3.8, 4) is 6.07 Å². The number of nitrogens with zero attached hydrogens (tertiary/aromatic N) is 3. The number of nitrogens with two attached hydrogens (primary N) is 1. The first-order valence-electron chi connectivity index (χ1n) is 5.65. The molecule has 2 rings (SSSR count). The Labute approximate surface area is 124 Å². The number of hydrogen-bond acceptors (Lipinski definition) is 7. The lowest BCUT2D eigenvalue weighted by Crippen LogP contribution is -2.22. The van der Waals surface area contributed by atoms with Crippen LogP contribution in [-0.4, -0.2) is 21.4 Å². The molecular weight excluding hydrogens is 294 g/mol. The number of benzene rings is 1. The molecule has 0 aliphatic heterocycles. The molecule has 8 heteroatoms. The molecule has 1 aromatic carbocycles. The highest BCUT2D eigenvalue weighted by atomic mass is 32.2. The normalized spacial score (nSPS) is 11.6. The summed E-state index contributed by atoms with van der Waals surface area (Å²) in [5.41, 5.74) is 6.69. The molecule has 0 bridgehead atoms. The molecular formula is C12H11N5OS2.